The fraction of sp³-hybridized carbons (Fsp3) is 0.556. The number of carbonyl (C=O) groups is 2. The first-order chi connectivity index (χ1) is 11.2. The van der Waals surface area contributed by atoms with E-state index in [9.17, 15) is 9.59 Å². The molecule has 0 aliphatic heterocycles. The Morgan fingerprint density at radius 3 is 2.35 bits per heavy atom. The molecule has 2 N–H and O–H groups in total. The number of nitrogens with one attached hydrogen (secondary N) is 2. The summed E-state index contributed by atoms with van der Waals surface area (Å²) in [6.07, 6.45) is 3.92. The van der Waals surface area contributed by atoms with Crippen molar-refractivity contribution in [2.24, 2.45) is 11.8 Å². The van der Waals surface area contributed by atoms with Crippen LogP contribution in [0.5, 0.6) is 5.75 Å². The number of benzene rings is 1. The fourth-order valence-corrected chi connectivity index (χ4v) is 2.56. The highest BCUT2D eigenvalue weighted by Crippen LogP contribution is 2.38. The van der Waals surface area contributed by atoms with Gasteiger partial charge in [-0.05, 0) is 30.5 Å². The third-order valence-electron chi connectivity index (χ3n) is 4.17. The van der Waals surface area contributed by atoms with Gasteiger partial charge in [0.05, 0.1) is 18.9 Å². The van der Waals surface area contributed by atoms with Crippen LogP contribution in [0.4, 0.5) is 0 Å². The molecule has 1 aromatic carbocycles. The van der Waals surface area contributed by atoms with E-state index in [2.05, 4.69) is 17.6 Å². The van der Waals surface area contributed by atoms with Gasteiger partial charge in [-0.3, -0.25) is 9.59 Å². The summed E-state index contributed by atoms with van der Waals surface area (Å²) < 4.78 is 5.10. The molecule has 2 amide bonds. The zero-order chi connectivity index (χ0) is 16.7. The number of amides is 2. The Kier molecular flexibility index (Phi) is 6.44. The van der Waals surface area contributed by atoms with Gasteiger partial charge in [-0.15, -0.1) is 0 Å². The lowest BCUT2D eigenvalue weighted by Gasteiger charge is -2.07. The topological polar surface area (TPSA) is 67.4 Å². The lowest BCUT2D eigenvalue weighted by atomic mass is 10.2. The smallest absolute Gasteiger partial charge is 0.224 e. The highest BCUT2D eigenvalue weighted by Gasteiger charge is 2.47. The summed E-state index contributed by atoms with van der Waals surface area (Å²) in [4.78, 5) is 24.0. The fourth-order valence-electron chi connectivity index (χ4n) is 2.56. The van der Waals surface area contributed by atoms with Crippen LogP contribution in [0.2, 0.25) is 0 Å². The Morgan fingerprint density at radius 1 is 1.09 bits per heavy atom. The van der Waals surface area contributed by atoms with Gasteiger partial charge in [0, 0.05) is 13.1 Å². The molecule has 5 heteroatoms. The maximum Gasteiger partial charge on any atom is 0.224 e. The summed E-state index contributed by atoms with van der Waals surface area (Å²) in [6.45, 7) is 3.32. The molecule has 0 saturated heterocycles. The lowest BCUT2D eigenvalue weighted by Crippen LogP contribution is -2.30. The molecule has 0 radical (unpaired) electrons. The van der Waals surface area contributed by atoms with Crippen molar-refractivity contribution in [3.8, 4) is 5.75 Å². The number of rotatable bonds is 9. The quantitative estimate of drug-likeness (QED) is 0.686. The first-order valence-electron chi connectivity index (χ1n) is 8.34. The van der Waals surface area contributed by atoms with Gasteiger partial charge < -0.3 is 15.4 Å². The van der Waals surface area contributed by atoms with E-state index >= 15 is 0 Å². The van der Waals surface area contributed by atoms with E-state index in [-0.39, 0.29) is 23.7 Å². The van der Waals surface area contributed by atoms with Gasteiger partial charge in [-0.25, -0.2) is 0 Å². The minimum absolute atomic E-state index is 0.0192. The summed E-state index contributed by atoms with van der Waals surface area (Å²) in [5, 5.41) is 5.82. The predicted octanol–water partition coefficient (Wildman–Crippen LogP) is 2.25. The molecule has 1 aliphatic carbocycles. The Hall–Kier alpha value is -2.04. The first-order valence-corrected chi connectivity index (χ1v) is 8.34. The number of carbonyl (C=O) groups excluding carboxylic acids is 2. The lowest BCUT2D eigenvalue weighted by molar-refractivity contribution is -0.127. The van der Waals surface area contributed by atoms with Crippen molar-refractivity contribution in [2.75, 3.05) is 13.7 Å². The molecule has 1 saturated carbocycles. The Bertz CT molecular complexity index is 528. The summed E-state index contributed by atoms with van der Waals surface area (Å²) in [6, 6.07) is 7.57. The van der Waals surface area contributed by atoms with Crippen molar-refractivity contribution < 1.29 is 14.3 Å². The van der Waals surface area contributed by atoms with Crippen molar-refractivity contribution in [2.45, 2.75) is 39.2 Å². The van der Waals surface area contributed by atoms with Crippen LogP contribution in [-0.4, -0.2) is 25.5 Å². The summed E-state index contributed by atoms with van der Waals surface area (Å²) in [7, 11) is 1.62. The van der Waals surface area contributed by atoms with Gasteiger partial charge in [-0.2, -0.15) is 0 Å². The highest BCUT2D eigenvalue weighted by molar-refractivity contribution is 5.92. The molecule has 1 aliphatic rings. The van der Waals surface area contributed by atoms with Crippen molar-refractivity contribution in [1.82, 2.24) is 10.6 Å². The minimum Gasteiger partial charge on any atom is -0.497 e. The van der Waals surface area contributed by atoms with Crippen molar-refractivity contribution in [3.63, 3.8) is 0 Å². The van der Waals surface area contributed by atoms with Gasteiger partial charge >= 0.3 is 0 Å². The van der Waals surface area contributed by atoms with Crippen LogP contribution in [0.1, 0.15) is 38.2 Å². The molecule has 0 heterocycles. The molecule has 126 valence electrons. The zero-order valence-corrected chi connectivity index (χ0v) is 13.9. The van der Waals surface area contributed by atoms with Gasteiger partial charge in [0.2, 0.25) is 11.8 Å². The average Bonchev–Trinajstić information content (AvgIpc) is 3.38. The van der Waals surface area contributed by atoms with Gasteiger partial charge in [0.1, 0.15) is 5.75 Å². The number of methoxy groups -OCH3 is 1. The minimum atomic E-state index is -0.167. The van der Waals surface area contributed by atoms with E-state index in [0.717, 1.165) is 30.6 Å². The van der Waals surface area contributed by atoms with Crippen LogP contribution < -0.4 is 15.4 Å². The molecule has 2 atom stereocenters. The van der Waals surface area contributed by atoms with Crippen LogP contribution >= 0.6 is 0 Å². The third kappa shape index (κ3) is 5.27. The van der Waals surface area contributed by atoms with E-state index in [1.165, 1.54) is 0 Å². The Balaban J connectivity index is 1.67. The normalized spacial score (nSPS) is 19.0. The standard InChI is InChI=1S/C18H26N2O3/c1-3-4-5-10-19-17(21)15-11-16(15)18(22)20-12-13-6-8-14(23-2)9-7-13/h6-9,15-16H,3-5,10-12H2,1-2H3,(H,19,21)(H,20,22). The molecule has 0 spiro atoms. The van der Waals surface area contributed by atoms with E-state index < -0.39 is 0 Å². The molecule has 1 aromatic rings. The van der Waals surface area contributed by atoms with Crippen LogP contribution in [0.3, 0.4) is 0 Å². The molecule has 1 fully saturated rings. The molecule has 2 rings (SSSR count). The number of unbranched alkanes of at least 4 members (excludes halogenated alkanes) is 2. The molecular formula is C18H26N2O3. The SMILES string of the molecule is CCCCCNC(=O)C1CC1C(=O)NCc1ccc(OC)cc1. The molecular weight excluding hydrogens is 292 g/mol. The molecule has 0 aromatic heterocycles. The Morgan fingerprint density at radius 2 is 1.74 bits per heavy atom. The van der Waals surface area contributed by atoms with E-state index in [0.29, 0.717) is 19.5 Å². The molecule has 0 bridgehead atoms. The number of ether oxygens (including phenoxy) is 1. The van der Waals surface area contributed by atoms with Gasteiger partial charge in [0.25, 0.3) is 0 Å². The van der Waals surface area contributed by atoms with E-state index in [1.807, 2.05) is 24.3 Å². The van der Waals surface area contributed by atoms with Crippen LogP contribution in [0.15, 0.2) is 24.3 Å². The maximum absolute atomic E-state index is 12.1. The largest absolute Gasteiger partial charge is 0.497 e. The van der Waals surface area contributed by atoms with E-state index in [4.69, 9.17) is 4.74 Å². The Labute approximate surface area is 137 Å². The number of hydrogen-bond donors (Lipinski definition) is 2. The molecule has 5 nitrogen and oxygen atoms in total. The van der Waals surface area contributed by atoms with Crippen LogP contribution in [0.25, 0.3) is 0 Å². The summed E-state index contributed by atoms with van der Waals surface area (Å²) >= 11 is 0. The monoisotopic (exact) mass is 318 g/mol. The van der Waals surface area contributed by atoms with Crippen LogP contribution in [-0.2, 0) is 16.1 Å². The summed E-state index contributed by atoms with van der Waals surface area (Å²) in [5.41, 5.74) is 1.01. The van der Waals surface area contributed by atoms with Crippen molar-refractivity contribution in [1.29, 1.82) is 0 Å². The van der Waals surface area contributed by atoms with Crippen molar-refractivity contribution in [3.05, 3.63) is 29.8 Å². The second-order valence-corrected chi connectivity index (χ2v) is 6.01. The van der Waals surface area contributed by atoms with Crippen molar-refractivity contribution >= 4 is 11.8 Å². The maximum atomic E-state index is 12.1. The van der Waals surface area contributed by atoms with Crippen LogP contribution in [0, 0.1) is 11.8 Å². The first kappa shape index (κ1) is 17.3. The molecule has 23 heavy (non-hydrogen) atoms. The van der Waals surface area contributed by atoms with Gasteiger partial charge in [0.15, 0.2) is 0 Å². The second kappa shape index (κ2) is 8.56. The van der Waals surface area contributed by atoms with Gasteiger partial charge in [-0.1, -0.05) is 31.9 Å². The second-order valence-electron chi connectivity index (χ2n) is 6.01. The number of hydrogen-bond acceptors (Lipinski definition) is 3. The third-order valence-corrected chi connectivity index (χ3v) is 4.17. The molecule has 2 unspecified atom stereocenters. The zero-order valence-electron chi connectivity index (χ0n) is 13.9. The average molecular weight is 318 g/mol. The van der Waals surface area contributed by atoms with E-state index in [1.54, 1.807) is 7.11 Å². The predicted molar refractivity (Wildman–Crippen MR) is 89.0 cm³/mol. The highest BCUT2D eigenvalue weighted by atomic mass is 16.5. The summed E-state index contributed by atoms with van der Waals surface area (Å²) in [5.74, 6) is 0.467.